The highest BCUT2D eigenvalue weighted by molar-refractivity contribution is 5.88. The number of hydrogen-bond donors (Lipinski definition) is 2. The van der Waals surface area contributed by atoms with Gasteiger partial charge in [-0.15, -0.1) is 0 Å². The zero-order valence-electron chi connectivity index (χ0n) is 16.5. The molecule has 0 saturated heterocycles. The van der Waals surface area contributed by atoms with E-state index < -0.39 is 17.8 Å². The number of aromatic hydroxyl groups is 1. The molecule has 0 radical (unpaired) electrons. The SMILES string of the molecule is COc1cc(C2Oc3c(c(OC)cc4ccc(=O)oc34)OC2CO)cc(OC)c1O. The molecule has 1 aliphatic rings. The van der Waals surface area contributed by atoms with Crippen LogP contribution in [0.15, 0.2) is 39.5 Å². The zero-order chi connectivity index (χ0) is 21.4. The fourth-order valence-electron chi connectivity index (χ4n) is 3.42. The lowest BCUT2D eigenvalue weighted by Gasteiger charge is -2.34. The minimum absolute atomic E-state index is 0.164. The molecule has 2 unspecified atom stereocenters. The Morgan fingerprint density at radius 1 is 0.933 bits per heavy atom. The second-order valence-corrected chi connectivity index (χ2v) is 6.56. The van der Waals surface area contributed by atoms with E-state index in [0.29, 0.717) is 16.7 Å². The van der Waals surface area contributed by atoms with E-state index >= 15 is 0 Å². The molecule has 2 N–H and O–H groups in total. The highest BCUT2D eigenvalue weighted by Crippen LogP contribution is 2.50. The van der Waals surface area contributed by atoms with Crippen LogP contribution in [0.4, 0.5) is 0 Å². The molecule has 0 saturated carbocycles. The van der Waals surface area contributed by atoms with Crippen LogP contribution < -0.4 is 29.3 Å². The molecular formula is C21H20O9. The fraction of sp³-hybridized carbons (Fsp3) is 0.286. The topological polar surface area (TPSA) is 117 Å². The van der Waals surface area contributed by atoms with Gasteiger partial charge in [-0.25, -0.2) is 4.79 Å². The van der Waals surface area contributed by atoms with E-state index in [9.17, 15) is 15.0 Å². The van der Waals surface area contributed by atoms with E-state index in [1.165, 1.54) is 27.4 Å². The zero-order valence-corrected chi connectivity index (χ0v) is 16.5. The van der Waals surface area contributed by atoms with Crippen molar-refractivity contribution in [3.8, 4) is 34.5 Å². The molecule has 4 rings (SSSR count). The molecule has 0 aliphatic carbocycles. The molecule has 30 heavy (non-hydrogen) atoms. The molecule has 0 bridgehead atoms. The number of aliphatic hydroxyl groups is 1. The molecule has 2 aromatic carbocycles. The first-order valence-corrected chi connectivity index (χ1v) is 9.04. The van der Waals surface area contributed by atoms with E-state index in [2.05, 4.69) is 0 Å². The van der Waals surface area contributed by atoms with E-state index in [0.717, 1.165) is 0 Å². The van der Waals surface area contributed by atoms with Crippen molar-refractivity contribution in [2.75, 3.05) is 27.9 Å². The van der Waals surface area contributed by atoms with Gasteiger partial charge < -0.3 is 38.3 Å². The van der Waals surface area contributed by atoms with Crippen molar-refractivity contribution >= 4 is 11.0 Å². The molecule has 9 nitrogen and oxygen atoms in total. The van der Waals surface area contributed by atoms with E-state index in [4.69, 9.17) is 28.1 Å². The Bertz CT molecular complexity index is 1130. The van der Waals surface area contributed by atoms with E-state index in [1.54, 1.807) is 24.3 Å². The van der Waals surface area contributed by atoms with Gasteiger partial charge in [0.05, 0.1) is 27.9 Å². The van der Waals surface area contributed by atoms with Gasteiger partial charge in [-0.05, 0) is 24.3 Å². The third-order valence-electron chi connectivity index (χ3n) is 4.87. The number of fused-ring (bicyclic) bond motifs is 3. The first-order chi connectivity index (χ1) is 14.5. The van der Waals surface area contributed by atoms with Crippen molar-refractivity contribution in [2.24, 2.45) is 0 Å². The van der Waals surface area contributed by atoms with Crippen LogP contribution in [0.25, 0.3) is 11.0 Å². The summed E-state index contributed by atoms with van der Waals surface area (Å²) in [6.07, 6.45) is -1.65. The molecule has 0 spiro atoms. The minimum atomic E-state index is -0.827. The fourth-order valence-corrected chi connectivity index (χ4v) is 3.42. The summed E-state index contributed by atoms with van der Waals surface area (Å²) in [5.41, 5.74) is 0.158. The first kappa shape index (κ1) is 19.7. The van der Waals surface area contributed by atoms with Crippen LogP contribution in [-0.2, 0) is 0 Å². The third kappa shape index (κ3) is 3.13. The molecule has 2 atom stereocenters. The maximum Gasteiger partial charge on any atom is 0.336 e. The lowest BCUT2D eigenvalue weighted by molar-refractivity contribution is -0.0137. The Balaban J connectivity index is 1.91. The summed E-state index contributed by atoms with van der Waals surface area (Å²) in [5.74, 6) is 0.911. The summed E-state index contributed by atoms with van der Waals surface area (Å²) in [6, 6.07) is 7.65. The third-order valence-corrected chi connectivity index (χ3v) is 4.87. The van der Waals surface area contributed by atoms with Crippen LogP contribution in [0.1, 0.15) is 11.7 Å². The van der Waals surface area contributed by atoms with Gasteiger partial charge in [0.2, 0.25) is 17.2 Å². The number of phenols is 1. The lowest BCUT2D eigenvalue weighted by Crippen LogP contribution is -2.36. The van der Waals surface area contributed by atoms with Gasteiger partial charge in [0.1, 0.15) is 0 Å². The quantitative estimate of drug-likeness (QED) is 0.605. The highest BCUT2D eigenvalue weighted by Gasteiger charge is 2.37. The number of rotatable bonds is 5. The number of hydrogen-bond acceptors (Lipinski definition) is 9. The van der Waals surface area contributed by atoms with Crippen LogP contribution in [0.5, 0.6) is 34.5 Å². The van der Waals surface area contributed by atoms with Gasteiger partial charge in [0.15, 0.2) is 35.0 Å². The predicted octanol–water partition coefficient (Wildman–Crippen LogP) is 2.40. The van der Waals surface area contributed by atoms with Crippen molar-refractivity contribution in [1.82, 2.24) is 0 Å². The van der Waals surface area contributed by atoms with Crippen LogP contribution in [-0.4, -0.2) is 44.3 Å². The maximum absolute atomic E-state index is 11.8. The van der Waals surface area contributed by atoms with Crippen molar-refractivity contribution in [1.29, 1.82) is 0 Å². The molecule has 2 heterocycles. The summed E-state index contributed by atoms with van der Waals surface area (Å²) in [7, 11) is 4.28. The normalized spacial score (nSPS) is 17.6. The minimum Gasteiger partial charge on any atom is -0.502 e. The second-order valence-electron chi connectivity index (χ2n) is 6.56. The van der Waals surface area contributed by atoms with Gasteiger partial charge >= 0.3 is 5.63 Å². The summed E-state index contributed by atoms with van der Waals surface area (Å²) >= 11 is 0. The predicted molar refractivity (Wildman–Crippen MR) is 105 cm³/mol. The number of phenolic OH excluding ortho intramolecular Hbond substituents is 1. The van der Waals surface area contributed by atoms with Gasteiger partial charge in [-0.2, -0.15) is 0 Å². The van der Waals surface area contributed by atoms with E-state index in [-0.39, 0.29) is 40.9 Å². The van der Waals surface area contributed by atoms with Crippen molar-refractivity contribution in [3.63, 3.8) is 0 Å². The molecule has 3 aromatic rings. The molecule has 0 fully saturated rings. The summed E-state index contributed by atoms with van der Waals surface area (Å²) in [4.78, 5) is 11.8. The Morgan fingerprint density at radius 2 is 1.60 bits per heavy atom. The Labute approximate surface area is 170 Å². The number of benzene rings is 2. The smallest absolute Gasteiger partial charge is 0.336 e. The van der Waals surface area contributed by atoms with Gasteiger partial charge in [0.25, 0.3) is 0 Å². The van der Waals surface area contributed by atoms with Crippen molar-refractivity contribution < 1.29 is 38.3 Å². The average Bonchev–Trinajstić information content (AvgIpc) is 2.77. The van der Waals surface area contributed by atoms with Crippen LogP contribution in [0, 0.1) is 0 Å². The van der Waals surface area contributed by atoms with Crippen LogP contribution in [0.3, 0.4) is 0 Å². The van der Waals surface area contributed by atoms with Crippen molar-refractivity contribution in [3.05, 3.63) is 46.3 Å². The van der Waals surface area contributed by atoms with Gasteiger partial charge in [-0.3, -0.25) is 0 Å². The molecule has 0 amide bonds. The molecule has 1 aliphatic heterocycles. The number of aliphatic hydroxyl groups excluding tert-OH is 1. The summed E-state index contributed by atoms with van der Waals surface area (Å²) in [6.45, 7) is -0.379. The van der Waals surface area contributed by atoms with Gasteiger partial charge in [0, 0.05) is 17.0 Å². The lowest BCUT2D eigenvalue weighted by atomic mass is 10.0. The highest BCUT2D eigenvalue weighted by atomic mass is 16.6. The Kier molecular flexibility index (Phi) is 5.04. The average molecular weight is 416 g/mol. The monoisotopic (exact) mass is 416 g/mol. The molecule has 158 valence electrons. The van der Waals surface area contributed by atoms with Crippen LogP contribution >= 0.6 is 0 Å². The largest absolute Gasteiger partial charge is 0.502 e. The molecular weight excluding hydrogens is 396 g/mol. The number of methoxy groups -OCH3 is 3. The van der Waals surface area contributed by atoms with Gasteiger partial charge in [-0.1, -0.05) is 0 Å². The number of ether oxygens (including phenoxy) is 5. The summed E-state index contributed by atoms with van der Waals surface area (Å²) < 4.78 is 33.3. The molecule has 1 aromatic heterocycles. The van der Waals surface area contributed by atoms with Crippen molar-refractivity contribution in [2.45, 2.75) is 12.2 Å². The Hall–Kier alpha value is -3.59. The first-order valence-electron chi connectivity index (χ1n) is 9.04. The van der Waals surface area contributed by atoms with Crippen LogP contribution in [0.2, 0.25) is 0 Å². The molecule has 9 heteroatoms. The van der Waals surface area contributed by atoms with E-state index in [1.807, 2.05) is 0 Å². The maximum atomic E-state index is 11.8. The summed E-state index contributed by atoms with van der Waals surface area (Å²) in [5, 5.41) is 20.7. The Morgan fingerprint density at radius 3 is 2.20 bits per heavy atom. The second kappa shape index (κ2) is 7.68. The standard InChI is InChI=1S/C21H20O9/c1-25-12-7-11(8-13(26-2)17(12)24)18-15(9-22)28-20-14(27-3)6-10-4-5-16(23)29-19(10)21(20)30-18/h4-8,15,18,22,24H,9H2,1-3H3.